The lowest BCUT2D eigenvalue weighted by molar-refractivity contribution is 0.485. The van der Waals surface area contributed by atoms with Gasteiger partial charge in [-0.1, -0.05) is 36.4 Å². The highest BCUT2D eigenvalue weighted by molar-refractivity contribution is 7.87. The summed E-state index contributed by atoms with van der Waals surface area (Å²) >= 11 is 0. The SMILES string of the molecule is Cc1ccccc1OS(=O)(=O)c1ccccc1[Si]. The van der Waals surface area contributed by atoms with E-state index in [-0.39, 0.29) is 4.90 Å². The fourth-order valence-corrected chi connectivity index (χ4v) is 3.15. The second kappa shape index (κ2) is 4.95. The Labute approximate surface area is 110 Å². The largest absolute Gasteiger partial charge is 0.379 e. The lowest BCUT2D eigenvalue weighted by Crippen LogP contribution is -2.19. The van der Waals surface area contributed by atoms with E-state index in [4.69, 9.17) is 4.18 Å². The fourth-order valence-electron chi connectivity index (χ4n) is 1.50. The standard InChI is InChI=1S/C13H11O3SSi/c1-10-6-2-3-7-11(10)16-17(14,15)12-8-4-5-9-13(12)18/h2-9H,1H3. The van der Waals surface area contributed by atoms with Crippen molar-refractivity contribution in [3.63, 3.8) is 0 Å². The van der Waals surface area contributed by atoms with Crippen LogP contribution in [0.4, 0.5) is 0 Å². The number of benzene rings is 2. The maximum atomic E-state index is 12.1. The van der Waals surface area contributed by atoms with E-state index < -0.39 is 10.1 Å². The average Bonchev–Trinajstić information content (AvgIpc) is 2.32. The molecule has 2 rings (SSSR count). The summed E-state index contributed by atoms with van der Waals surface area (Å²) in [5, 5.41) is 0.478. The molecular formula is C13H11O3SSi. The van der Waals surface area contributed by atoms with Gasteiger partial charge in [-0.05, 0) is 29.8 Å². The highest BCUT2D eigenvalue weighted by atomic mass is 32.2. The van der Waals surface area contributed by atoms with Gasteiger partial charge in [0.2, 0.25) is 0 Å². The molecule has 0 unspecified atom stereocenters. The number of rotatable bonds is 3. The highest BCUT2D eigenvalue weighted by Crippen LogP contribution is 2.21. The molecule has 5 heteroatoms. The lowest BCUT2D eigenvalue weighted by Gasteiger charge is -2.10. The van der Waals surface area contributed by atoms with Crippen molar-refractivity contribution < 1.29 is 12.6 Å². The van der Waals surface area contributed by atoms with Crippen LogP contribution in [0.25, 0.3) is 0 Å². The van der Waals surface area contributed by atoms with Crippen LogP contribution in [0.3, 0.4) is 0 Å². The molecule has 0 N–H and O–H groups in total. The molecular weight excluding hydrogens is 264 g/mol. The Hall–Kier alpha value is -1.59. The Bertz CT molecular complexity index is 665. The molecule has 0 saturated heterocycles. The Morgan fingerprint density at radius 3 is 2.28 bits per heavy atom. The van der Waals surface area contributed by atoms with Crippen LogP contribution in [0.15, 0.2) is 53.4 Å². The van der Waals surface area contributed by atoms with Crippen molar-refractivity contribution in [2.45, 2.75) is 11.8 Å². The predicted octanol–water partition coefficient (Wildman–Crippen LogP) is 1.56. The number of para-hydroxylation sites is 1. The molecule has 3 nitrogen and oxygen atoms in total. The average molecular weight is 275 g/mol. The van der Waals surface area contributed by atoms with Crippen molar-refractivity contribution in [2.24, 2.45) is 0 Å². The molecule has 2 aromatic rings. The van der Waals surface area contributed by atoms with Gasteiger partial charge in [0.15, 0.2) is 0 Å². The van der Waals surface area contributed by atoms with Gasteiger partial charge in [0.25, 0.3) is 0 Å². The third-order valence-corrected chi connectivity index (χ3v) is 4.36. The van der Waals surface area contributed by atoms with Crippen LogP contribution in [-0.4, -0.2) is 18.7 Å². The van der Waals surface area contributed by atoms with Gasteiger partial charge < -0.3 is 4.18 Å². The van der Waals surface area contributed by atoms with Gasteiger partial charge in [0.05, 0.1) is 10.2 Å². The molecule has 0 bridgehead atoms. The van der Waals surface area contributed by atoms with Crippen molar-refractivity contribution in [2.75, 3.05) is 0 Å². The maximum Gasteiger partial charge on any atom is 0.339 e. The van der Waals surface area contributed by atoms with Crippen molar-refractivity contribution in [3.8, 4) is 5.75 Å². The Morgan fingerprint density at radius 2 is 1.61 bits per heavy atom. The van der Waals surface area contributed by atoms with Crippen LogP contribution in [0.1, 0.15) is 5.56 Å². The van der Waals surface area contributed by atoms with Crippen LogP contribution >= 0.6 is 0 Å². The van der Waals surface area contributed by atoms with Crippen molar-refractivity contribution >= 4 is 25.5 Å². The van der Waals surface area contributed by atoms with Crippen molar-refractivity contribution in [1.29, 1.82) is 0 Å². The second-order valence-corrected chi connectivity index (χ2v) is 5.85. The number of hydrogen-bond acceptors (Lipinski definition) is 3. The van der Waals surface area contributed by atoms with Crippen molar-refractivity contribution in [3.05, 3.63) is 54.1 Å². The summed E-state index contributed by atoms with van der Waals surface area (Å²) in [6.07, 6.45) is 0. The summed E-state index contributed by atoms with van der Waals surface area (Å²) in [4.78, 5) is 0.116. The van der Waals surface area contributed by atoms with Gasteiger partial charge in [-0.15, -0.1) is 0 Å². The van der Waals surface area contributed by atoms with E-state index in [1.54, 1.807) is 43.3 Å². The first-order valence-corrected chi connectivity index (χ1v) is 7.22. The lowest BCUT2D eigenvalue weighted by atomic mass is 10.2. The van der Waals surface area contributed by atoms with Crippen LogP contribution in [0.5, 0.6) is 5.75 Å². The van der Waals surface area contributed by atoms with E-state index in [2.05, 4.69) is 10.2 Å². The van der Waals surface area contributed by atoms with Gasteiger partial charge >= 0.3 is 10.1 Å². The Balaban J connectivity index is 2.40. The third kappa shape index (κ3) is 2.63. The molecule has 0 spiro atoms. The molecule has 0 fully saturated rings. The molecule has 0 amide bonds. The van der Waals surface area contributed by atoms with Gasteiger partial charge in [0.1, 0.15) is 10.6 Å². The molecule has 2 aromatic carbocycles. The summed E-state index contributed by atoms with van der Waals surface area (Å²) in [6, 6.07) is 13.5. The first-order valence-electron chi connectivity index (χ1n) is 5.31. The molecule has 0 aliphatic heterocycles. The molecule has 0 atom stereocenters. The minimum Gasteiger partial charge on any atom is -0.379 e. The highest BCUT2D eigenvalue weighted by Gasteiger charge is 2.19. The zero-order chi connectivity index (χ0) is 13.2. The van der Waals surface area contributed by atoms with Crippen molar-refractivity contribution in [1.82, 2.24) is 0 Å². The van der Waals surface area contributed by atoms with Gasteiger partial charge in [-0.2, -0.15) is 8.42 Å². The van der Waals surface area contributed by atoms with E-state index >= 15 is 0 Å². The molecule has 0 aliphatic carbocycles. The molecule has 0 heterocycles. The molecule has 0 saturated carbocycles. The topological polar surface area (TPSA) is 43.4 Å². The summed E-state index contributed by atoms with van der Waals surface area (Å²) in [6.45, 7) is 1.80. The van der Waals surface area contributed by atoms with Crippen LogP contribution < -0.4 is 9.37 Å². The quantitative estimate of drug-likeness (QED) is 0.630. The molecule has 0 aliphatic rings. The summed E-state index contributed by atoms with van der Waals surface area (Å²) < 4.78 is 29.4. The van der Waals surface area contributed by atoms with E-state index in [0.29, 0.717) is 10.9 Å². The Morgan fingerprint density at radius 1 is 1.00 bits per heavy atom. The zero-order valence-corrected chi connectivity index (χ0v) is 11.6. The van der Waals surface area contributed by atoms with Gasteiger partial charge in [-0.25, -0.2) is 0 Å². The maximum absolute atomic E-state index is 12.1. The zero-order valence-electron chi connectivity index (χ0n) is 9.75. The Kier molecular flexibility index (Phi) is 3.54. The fraction of sp³-hybridized carbons (Fsp3) is 0.0769. The smallest absolute Gasteiger partial charge is 0.339 e. The summed E-state index contributed by atoms with van der Waals surface area (Å²) in [5.41, 5.74) is 0.771. The van der Waals surface area contributed by atoms with Crippen LogP contribution in [-0.2, 0) is 10.1 Å². The monoisotopic (exact) mass is 275 g/mol. The first kappa shape index (κ1) is 12.9. The second-order valence-electron chi connectivity index (χ2n) is 3.80. The first-order chi connectivity index (χ1) is 8.50. The normalized spacial score (nSPS) is 11.2. The van der Waals surface area contributed by atoms with Crippen LogP contribution in [0, 0.1) is 6.92 Å². The van der Waals surface area contributed by atoms with Gasteiger partial charge in [0, 0.05) is 0 Å². The molecule has 91 valence electrons. The molecule has 0 aromatic heterocycles. The van der Waals surface area contributed by atoms with E-state index in [0.717, 1.165) is 5.56 Å². The predicted molar refractivity (Wildman–Crippen MR) is 70.8 cm³/mol. The van der Waals surface area contributed by atoms with E-state index in [1.807, 2.05) is 6.07 Å². The van der Waals surface area contributed by atoms with Crippen LogP contribution in [0.2, 0.25) is 0 Å². The number of hydrogen-bond donors (Lipinski definition) is 0. The summed E-state index contributed by atoms with van der Waals surface area (Å²) in [5.74, 6) is 0.340. The minimum atomic E-state index is -3.82. The van der Waals surface area contributed by atoms with Gasteiger partial charge in [-0.3, -0.25) is 0 Å². The van der Waals surface area contributed by atoms with E-state index in [9.17, 15) is 8.42 Å². The van der Waals surface area contributed by atoms with E-state index in [1.165, 1.54) is 6.07 Å². The third-order valence-electron chi connectivity index (χ3n) is 2.45. The minimum absolute atomic E-state index is 0.116. The molecule has 18 heavy (non-hydrogen) atoms. The summed E-state index contributed by atoms with van der Waals surface area (Å²) in [7, 11) is -0.556. The molecule has 3 radical (unpaired) electrons. The number of aryl methyl sites for hydroxylation is 1.